The lowest BCUT2D eigenvalue weighted by Crippen LogP contribution is -2.28. The first-order valence-electron chi connectivity index (χ1n) is 10.0. The van der Waals surface area contributed by atoms with Crippen LogP contribution in [0.5, 0.6) is 11.5 Å². The van der Waals surface area contributed by atoms with Crippen molar-refractivity contribution in [3.05, 3.63) is 60.1 Å². The van der Waals surface area contributed by atoms with Crippen LogP contribution in [0.4, 0.5) is 11.4 Å². The van der Waals surface area contributed by atoms with Gasteiger partial charge in [-0.1, -0.05) is 17.7 Å². The number of anilines is 2. The fraction of sp³-hybridized carbons (Fsp3) is 0.273. The van der Waals surface area contributed by atoms with Gasteiger partial charge in [-0.15, -0.1) is 0 Å². The van der Waals surface area contributed by atoms with Gasteiger partial charge in [0, 0.05) is 29.7 Å². The maximum Gasteiger partial charge on any atom is 0.229 e. The smallest absolute Gasteiger partial charge is 0.229 e. The number of carbonyl (C=O) groups is 2. The van der Waals surface area contributed by atoms with Gasteiger partial charge >= 0.3 is 0 Å². The van der Waals surface area contributed by atoms with E-state index in [0.717, 1.165) is 0 Å². The van der Waals surface area contributed by atoms with Crippen molar-refractivity contribution in [2.24, 2.45) is 5.92 Å². The molecular weight excluding hydrogens is 434 g/mol. The zero-order chi connectivity index (χ0) is 22.5. The number of halogens is 1. The van der Waals surface area contributed by atoms with Gasteiger partial charge in [-0.25, -0.2) is 9.67 Å². The van der Waals surface area contributed by atoms with Crippen LogP contribution in [0.25, 0.3) is 0 Å². The molecule has 1 aromatic heterocycles. The molecule has 2 aromatic carbocycles. The Labute approximate surface area is 189 Å². The first kappa shape index (κ1) is 21.6. The number of nitrogens with one attached hydrogen (secondary N) is 1. The molecular formula is C22H22ClN5O4. The van der Waals surface area contributed by atoms with Crippen molar-refractivity contribution in [2.75, 3.05) is 30.5 Å². The molecule has 1 saturated heterocycles. The Kier molecular flexibility index (Phi) is 6.55. The summed E-state index contributed by atoms with van der Waals surface area (Å²) in [5.74, 6) is 0.260. The van der Waals surface area contributed by atoms with E-state index in [1.165, 1.54) is 13.4 Å². The molecule has 0 bridgehead atoms. The first-order valence-corrected chi connectivity index (χ1v) is 10.4. The summed E-state index contributed by atoms with van der Waals surface area (Å²) in [6.45, 7) is 1.22. The SMILES string of the molecule is COc1ccc(Cl)cc1N1CC(C(=O)Nc2cccc(OCCn3cncn3)c2)CC1=O. The first-order chi connectivity index (χ1) is 15.5. The van der Waals surface area contributed by atoms with Crippen LogP contribution in [-0.4, -0.2) is 46.8 Å². The van der Waals surface area contributed by atoms with E-state index in [0.29, 0.717) is 41.0 Å². The molecule has 0 saturated carbocycles. The predicted octanol–water partition coefficient (Wildman–Crippen LogP) is 3.01. The van der Waals surface area contributed by atoms with Crippen LogP contribution in [0.15, 0.2) is 55.1 Å². The summed E-state index contributed by atoms with van der Waals surface area (Å²) in [4.78, 5) is 30.9. The van der Waals surface area contributed by atoms with Crippen LogP contribution in [-0.2, 0) is 16.1 Å². The number of hydrogen-bond donors (Lipinski definition) is 1. The van der Waals surface area contributed by atoms with Crippen molar-refractivity contribution >= 4 is 34.8 Å². The highest BCUT2D eigenvalue weighted by molar-refractivity contribution is 6.31. The third kappa shape index (κ3) is 5.00. The highest BCUT2D eigenvalue weighted by Crippen LogP contribution is 2.35. The molecule has 1 atom stereocenters. The minimum Gasteiger partial charge on any atom is -0.495 e. The Morgan fingerprint density at radius 2 is 2.16 bits per heavy atom. The maximum atomic E-state index is 12.8. The largest absolute Gasteiger partial charge is 0.495 e. The molecule has 1 unspecified atom stereocenters. The number of amides is 2. The van der Waals surface area contributed by atoms with E-state index in [-0.39, 0.29) is 24.8 Å². The highest BCUT2D eigenvalue weighted by Gasteiger charge is 2.36. The van der Waals surface area contributed by atoms with Crippen molar-refractivity contribution in [3.8, 4) is 11.5 Å². The van der Waals surface area contributed by atoms with Gasteiger partial charge in [-0.05, 0) is 30.3 Å². The molecule has 0 spiro atoms. The number of methoxy groups -OCH3 is 1. The Morgan fingerprint density at radius 1 is 1.28 bits per heavy atom. The number of aromatic nitrogens is 3. The van der Waals surface area contributed by atoms with E-state index in [4.69, 9.17) is 21.1 Å². The van der Waals surface area contributed by atoms with Gasteiger partial charge in [-0.2, -0.15) is 5.10 Å². The lowest BCUT2D eigenvalue weighted by molar-refractivity contribution is -0.122. The summed E-state index contributed by atoms with van der Waals surface area (Å²) in [5.41, 5.74) is 1.16. The van der Waals surface area contributed by atoms with Gasteiger partial charge < -0.3 is 19.7 Å². The van der Waals surface area contributed by atoms with Crippen LogP contribution < -0.4 is 19.7 Å². The molecule has 1 N–H and O–H groups in total. The summed E-state index contributed by atoms with van der Waals surface area (Å²) >= 11 is 6.09. The quantitative estimate of drug-likeness (QED) is 0.560. The second kappa shape index (κ2) is 9.69. The van der Waals surface area contributed by atoms with E-state index < -0.39 is 5.92 Å². The average molecular weight is 456 g/mol. The third-order valence-corrected chi connectivity index (χ3v) is 5.32. The molecule has 9 nitrogen and oxygen atoms in total. The van der Waals surface area contributed by atoms with Crippen LogP contribution >= 0.6 is 11.6 Å². The molecule has 2 amide bonds. The molecule has 3 aromatic rings. The minimum atomic E-state index is -0.497. The van der Waals surface area contributed by atoms with Gasteiger partial charge in [0.05, 0.1) is 25.3 Å². The average Bonchev–Trinajstić information content (AvgIpc) is 3.44. The van der Waals surface area contributed by atoms with E-state index in [1.54, 1.807) is 52.3 Å². The molecule has 1 aliphatic rings. The number of carbonyl (C=O) groups excluding carboxylic acids is 2. The second-order valence-electron chi connectivity index (χ2n) is 7.25. The van der Waals surface area contributed by atoms with Gasteiger partial charge in [0.2, 0.25) is 11.8 Å². The molecule has 32 heavy (non-hydrogen) atoms. The predicted molar refractivity (Wildman–Crippen MR) is 119 cm³/mol. The topological polar surface area (TPSA) is 98.6 Å². The third-order valence-electron chi connectivity index (χ3n) is 5.08. The fourth-order valence-corrected chi connectivity index (χ4v) is 3.67. The Morgan fingerprint density at radius 3 is 2.94 bits per heavy atom. The Balaban J connectivity index is 1.37. The minimum absolute atomic E-state index is 0.107. The number of nitrogens with zero attached hydrogens (tertiary/aromatic N) is 4. The van der Waals surface area contributed by atoms with E-state index >= 15 is 0 Å². The van der Waals surface area contributed by atoms with Crippen LogP contribution in [0.2, 0.25) is 5.02 Å². The maximum absolute atomic E-state index is 12.8. The normalized spacial score (nSPS) is 15.6. The molecule has 1 fully saturated rings. The van der Waals surface area contributed by atoms with Crippen molar-refractivity contribution in [1.82, 2.24) is 14.8 Å². The summed E-state index contributed by atoms with van der Waals surface area (Å²) in [5, 5.41) is 7.39. The molecule has 166 valence electrons. The second-order valence-corrected chi connectivity index (χ2v) is 7.68. The number of benzene rings is 2. The number of rotatable bonds is 8. The Bertz CT molecular complexity index is 1110. The number of ether oxygens (including phenoxy) is 2. The summed E-state index contributed by atoms with van der Waals surface area (Å²) in [6, 6.07) is 12.2. The molecule has 10 heteroatoms. The number of hydrogen-bond acceptors (Lipinski definition) is 6. The van der Waals surface area contributed by atoms with Crippen LogP contribution in [0, 0.1) is 5.92 Å². The summed E-state index contributed by atoms with van der Waals surface area (Å²) in [7, 11) is 1.53. The molecule has 1 aliphatic heterocycles. The van der Waals surface area contributed by atoms with Gasteiger partial charge in [0.1, 0.15) is 30.8 Å². The lowest BCUT2D eigenvalue weighted by atomic mass is 10.1. The van der Waals surface area contributed by atoms with E-state index in [9.17, 15) is 9.59 Å². The van der Waals surface area contributed by atoms with Gasteiger partial charge in [0.15, 0.2) is 0 Å². The fourth-order valence-electron chi connectivity index (χ4n) is 3.50. The van der Waals surface area contributed by atoms with Crippen LogP contribution in [0.3, 0.4) is 0 Å². The van der Waals surface area contributed by atoms with Crippen LogP contribution in [0.1, 0.15) is 6.42 Å². The standard InChI is InChI=1S/C22H22ClN5O4/c1-31-20-6-5-16(23)10-19(20)28-12-15(9-21(28)29)22(30)26-17-3-2-4-18(11-17)32-8-7-27-14-24-13-25-27/h2-6,10-11,13-15H,7-9,12H2,1H3,(H,26,30). The van der Waals surface area contributed by atoms with Crippen molar-refractivity contribution in [2.45, 2.75) is 13.0 Å². The van der Waals surface area contributed by atoms with Crippen molar-refractivity contribution in [1.29, 1.82) is 0 Å². The molecule has 2 heterocycles. The monoisotopic (exact) mass is 455 g/mol. The zero-order valence-electron chi connectivity index (χ0n) is 17.4. The zero-order valence-corrected chi connectivity index (χ0v) is 18.2. The molecule has 0 aliphatic carbocycles. The molecule has 0 radical (unpaired) electrons. The van der Waals surface area contributed by atoms with Gasteiger partial charge in [0.25, 0.3) is 0 Å². The Hall–Kier alpha value is -3.59. The lowest BCUT2D eigenvalue weighted by Gasteiger charge is -2.20. The van der Waals surface area contributed by atoms with Crippen molar-refractivity contribution < 1.29 is 19.1 Å². The highest BCUT2D eigenvalue weighted by atomic mass is 35.5. The van der Waals surface area contributed by atoms with E-state index in [1.807, 2.05) is 6.07 Å². The van der Waals surface area contributed by atoms with Gasteiger partial charge in [-0.3, -0.25) is 9.59 Å². The summed E-state index contributed by atoms with van der Waals surface area (Å²) in [6.07, 6.45) is 3.19. The van der Waals surface area contributed by atoms with E-state index in [2.05, 4.69) is 15.4 Å². The summed E-state index contributed by atoms with van der Waals surface area (Å²) < 4.78 is 12.7. The van der Waals surface area contributed by atoms with Crippen molar-refractivity contribution in [3.63, 3.8) is 0 Å². The molecule has 4 rings (SSSR count).